The van der Waals surface area contributed by atoms with E-state index in [-0.39, 0.29) is 5.85 Å². The molecule has 0 spiro atoms. The van der Waals surface area contributed by atoms with E-state index in [9.17, 15) is 0 Å². The molecule has 1 nitrogen and oxygen atoms in total. The topological polar surface area (TPSA) is 9.23 Å². The number of hydrogen-bond acceptors (Lipinski definition) is 3. The van der Waals surface area contributed by atoms with Gasteiger partial charge in [0.2, 0.25) is 0 Å². The fraction of sp³-hybridized carbons (Fsp3) is 0.455. The molecule has 0 amide bonds. The molecule has 1 atom stereocenters. The number of halogens is 1. The van der Waals surface area contributed by atoms with Crippen molar-refractivity contribution in [2.45, 2.75) is 5.85 Å². The maximum atomic E-state index is 6.08. The fourth-order valence-electron chi connectivity index (χ4n) is 1.40. The summed E-state index contributed by atoms with van der Waals surface area (Å²) in [5, 5.41) is 0. The third-order valence-corrected chi connectivity index (χ3v) is 5.85. The van der Waals surface area contributed by atoms with E-state index in [0.717, 1.165) is 10.0 Å². The first-order valence-corrected chi connectivity index (χ1v) is 13.3. The largest absolute Gasteiger partial charge is 0.338 e. The van der Waals surface area contributed by atoms with Crippen LogP contribution in [0.15, 0.2) is 28.7 Å². The molecule has 0 aliphatic heterocycles. The van der Waals surface area contributed by atoms with Gasteiger partial charge in [-0.2, -0.15) is 0 Å². The SMILES string of the molecule is CP(C)(=S)OC(c1ccc(Br)cc1)P(C)(C)=S. The molecular weight excluding hydrogens is 354 g/mol. The Kier molecular flexibility index (Phi) is 5.60. The minimum absolute atomic E-state index is 0.0218. The van der Waals surface area contributed by atoms with Crippen LogP contribution in [0.5, 0.6) is 0 Å². The van der Waals surface area contributed by atoms with Crippen LogP contribution in [-0.4, -0.2) is 26.7 Å². The molecule has 1 aromatic rings. The van der Waals surface area contributed by atoms with Crippen molar-refractivity contribution < 1.29 is 4.52 Å². The van der Waals surface area contributed by atoms with Crippen LogP contribution in [0.25, 0.3) is 0 Å². The minimum atomic E-state index is -1.71. The first-order chi connectivity index (χ1) is 7.59. The number of benzene rings is 1. The van der Waals surface area contributed by atoms with Gasteiger partial charge in [0.25, 0.3) is 0 Å². The van der Waals surface area contributed by atoms with Gasteiger partial charge in [-0.25, -0.2) is 0 Å². The van der Waals surface area contributed by atoms with E-state index >= 15 is 0 Å². The van der Waals surface area contributed by atoms with Gasteiger partial charge in [0.1, 0.15) is 5.85 Å². The Morgan fingerprint density at radius 3 is 1.88 bits per heavy atom. The molecule has 0 fully saturated rings. The predicted octanol–water partition coefficient (Wildman–Crippen LogP) is 4.86. The lowest BCUT2D eigenvalue weighted by Gasteiger charge is -2.28. The van der Waals surface area contributed by atoms with Crippen molar-refractivity contribution in [2.24, 2.45) is 0 Å². The van der Waals surface area contributed by atoms with E-state index in [1.54, 1.807) is 0 Å². The first kappa shape index (κ1) is 16.0. The summed E-state index contributed by atoms with van der Waals surface area (Å²) in [6, 6.07) is 6.61. The molecule has 1 aromatic carbocycles. The second kappa shape index (κ2) is 5.94. The Labute approximate surface area is 123 Å². The average Bonchev–Trinajstić information content (AvgIpc) is 2.13. The van der Waals surface area contributed by atoms with E-state index in [4.69, 9.17) is 28.1 Å². The van der Waals surface area contributed by atoms with E-state index < -0.39 is 12.3 Å². The molecule has 0 bridgehead atoms. The van der Waals surface area contributed by atoms with E-state index in [1.165, 1.54) is 0 Å². The average molecular weight is 371 g/mol. The zero-order valence-electron chi connectivity index (χ0n) is 10.4. The van der Waals surface area contributed by atoms with Gasteiger partial charge in [0.05, 0.1) is 6.26 Å². The van der Waals surface area contributed by atoms with Crippen molar-refractivity contribution >= 4 is 51.8 Å². The Bertz CT molecular complexity index is 475. The Morgan fingerprint density at radius 2 is 1.53 bits per heavy atom. The van der Waals surface area contributed by atoms with Crippen molar-refractivity contribution in [2.75, 3.05) is 26.7 Å². The van der Waals surface area contributed by atoms with Crippen LogP contribution in [0, 0.1) is 0 Å². The second-order valence-electron chi connectivity index (χ2n) is 4.70. The summed E-state index contributed by atoms with van der Waals surface area (Å²) in [4.78, 5) is 0. The molecule has 6 heteroatoms. The normalized spacial score (nSPS) is 14.6. The van der Waals surface area contributed by atoms with Gasteiger partial charge in [-0.05, 0) is 50.4 Å². The Morgan fingerprint density at radius 1 is 1.06 bits per heavy atom. The van der Waals surface area contributed by atoms with Crippen LogP contribution in [-0.2, 0) is 28.1 Å². The Hall–Kier alpha value is 0.960. The van der Waals surface area contributed by atoms with Gasteiger partial charge in [-0.15, -0.1) is 0 Å². The molecular formula is C11H17BrOP2S2. The summed E-state index contributed by atoms with van der Waals surface area (Å²) in [6.07, 6.45) is -1.71. The van der Waals surface area contributed by atoms with Crippen LogP contribution in [0.2, 0.25) is 0 Å². The molecule has 96 valence electrons. The highest BCUT2D eigenvalue weighted by Crippen LogP contribution is 2.60. The number of rotatable bonds is 4. The smallest absolute Gasteiger partial charge is 0.115 e. The molecule has 0 N–H and O–H groups in total. The van der Waals surface area contributed by atoms with Gasteiger partial charge in [-0.1, -0.05) is 51.7 Å². The molecule has 0 aliphatic carbocycles. The van der Waals surface area contributed by atoms with Crippen LogP contribution in [0.1, 0.15) is 11.4 Å². The molecule has 1 unspecified atom stereocenters. The first-order valence-electron chi connectivity index (χ1n) is 5.13. The highest BCUT2D eigenvalue weighted by molar-refractivity contribution is 9.10. The van der Waals surface area contributed by atoms with Crippen LogP contribution < -0.4 is 0 Å². The molecule has 0 aromatic heterocycles. The third kappa shape index (κ3) is 5.63. The summed E-state index contributed by atoms with van der Waals surface area (Å²) in [6.45, 7) is 8.22. The maximum Gasteiger partial charge on any atom is 0.115 e. The molecule has 0 heterocycles. The lowest BCUT2D eigenvalue weighted by atomic mass is 10.2. The van der Waals surface area contributed by atoms with Crippen molar-refractivity contribution in [3.05, 3.63) is 34.3 Å². The quantitative estimate of drug-likeness (QED) is 0.700. The van der Waals surface area contributed by atoms with Gasteiger partial charge < -0.3 is 4.52 Å². The maximum absolute atomic E-state index is 6.08. The van der Waals surface area contributed by atoms with Crippen molar-refractivity contribution in [1.82, 2.24) is 0 Å². The molecule has 0 saturated heterocycles. The van der Waals surface area contributed by atoms with Crippen LogP contribution in [0.3, 0.4) is 0 Å². The summed E-state index contributed by atoms with van der Waals surface area (Å²) < 4.78 is 7.15. The zero-order valence-corrected chi connectivity index (χ0v) is 15.4. The summed E-state index contributed by atoms with van der Waals surface area (Å²) in [7, 11) is 0. The van der Waals surface area contributed by atoms with Gasteiger partial charge in [0.15, 0.2) is 0 Å². The van der Waals surface area contributed by atoms with E-state index in [2.05, 4.69) is 41.4 Å². The minimum Gasteiger partial charge on any atom is -0.338 e. The monoisotopic (exact) mass is 370 g/mol. The third-order valence-electron chi connectivity index (χ3n) is 2.07. The number of hydrogen-bond donors (Lipinski definition) is 0. The van der Waals surface area contributed by atoms with Crippen LogP contribution >= 0.6 is 28.2 Å². The van der Waals surface area contributed by atoms with E-state index in [1.807, 2.05) is 25.5 Å². The van der Waals surface area contributed by atoms with E-state index in [0.29, 0.717) is 0 Å². The standard InChI is InChI=1S/C11H17BrOP2S2/c1-14(2,16)11(13-15(3,4)17)9-5-7-10(12)8-6-9/h5-8,11H,1-4H3. The molecule has 0 saturated carbocycles. The molecule has 0 radical (unpaired) electrons. The summed E-state index contributed by atoms with van der Waals surface area (Å²) in [5.41, 5.74) is 1.14. The zero-order chi connectivity index (χ0) is 13.3. The molecule has 17 heavy (non-hydrogen) atoms. The summed E-state index contributed by atoms with van der Waals surface area (Å²) >= 11 is 14.5. The van der Waals surface area contributed by atoms with Crippen molar-refractivity contribution in [3.63, 3.8) is 0 Å². The van der Waals surface area contributed by atoms with Crippen molar-refractivity contribution in [1.29, 1.82) is 0 Å². The van der Waals surface area contributed by atoms with Crippen molar-refractivity contribution in [3.8, 4) is 0 Å². The highest BCUT2D eigenvalue weighted by atomic mass is 79.9. The fourth-order valence-corrected chi connectivity index (χ4v) is 5.93. The Balaban J connectivity index is 3.12. The molecule has 0 aliphatic rings. The second-order valence-corrected chi connectivity index (χ2v) is 17.1. The lowest BCUT2D eigenvalue weighted by molar-refractivity contribution is 0.326. The summed E-state index contributed by atoms with van der Waals surface area (Å²) in [5.74, 6) is -0.0218. The lowest BCUT2D eigenvalue weighted by Crippen LogP contribution is -2.02. The predicted molar refractivity (Wildman–Crippen MR) is 90.2 cm³/mol. The van der Waals surface area contributed by atoms with Gasteiger partial charge in [0, 0.05) is 4.47 Å². The van der Waals surface area contributed by atoms with Crippen LogP contribution in [0.4, 0.5) is 0 Å². The van der Waals surface area contributed by atoms with Gasteiger partial charge in [-0.3, -0.25) is 0 Å². The molecule has 1 rings (SSSR count). The highest BCUT2D eigenvalue weighted by Gasteiger charge is 2.25. The van der Waals surface area contributed by atoms with Gasteiger partial charge >= 0.3 is 0 Å².